The number of rotatable bonds is 4. The minimum Gasteiger partial charge on any atom is -0.481 e. The predicted molar refractivity (Wildman–Crippen MR) is 70.9 cm³/mol. The number of guanidine groups is 1. The largest absolute Gasteiger partial charge is 0.481 e. The topological polar surface area (TPSA) is 93.3 Å². The Labute approximate surface area is 106 Å². The van der Waals surface area contributed by atoms with Gasteiger partial charge >= 0.3 is 0 Å². The molecule has 0 fully saturated rings. The van der Waals surface area contributed by atoms with Crippen LogP contribution in [-0.2, 0) is 9.47 Å². The van der Waals surface area contributed by atoms with E-state index in [2.05, 4.69) is 27.2 Å². The van der Waals surface area contributed by atoms with E-state index in [9.17, 15) is 0 Å². The second-order valence-corrected chi connectivity index (χ2v) is 3.58. The van der Waals surface area contributed by atoms with Crippen LogP contribution in [0.1, 0.15) is 6.92 Å². The zero-order chi connectivity index (χ0) is 13.5. The molecule has 4 N–H and O–H groups in total. The molecule has 18 heavy (non-hydrogen) atoms. The summed E-state index contributed by atoms with van der Waals surface area (Å²) in [5.74, 6) is 1.06. The second-order valence-electron chi connectivity index (χ2n) is 3.58. The van der Waals surface area contributed by atoms with Crippen molar-refractivity contribution in [1.82, 2.24) is 10.6 Å². The molecule has 1 aliphatic rings. The average Bonchev–Trinajstić information content (AvgIpc) is 2.85. The van der Waals surface area contributed by atoms with Gasteiger partial charge in [-0.2, -0.15) is 0 Å². The summed E-state index contributed by atoms with van der Waals surface area (Å²) < 4.78 is 10.2. The van der Waals surface area contributed by atoms with Crippen molar-refractivity contribution in [3.8, 4) is 0 Å². The number of hydrogen-bond donors (Lipinski definition) is 3. The maximum absolute atomic E-state index is 5.77. The minimum atomic E-state index is 0.160. The van der Waals surface area contributed by atoms with Crippen LogP contribution in [-0.4, -0.2) is 39.2 Å². The average molecular weight is 253 g/mol. The lowest BCUT2D eigenvalue weighted by Crippen LogP contribution is -2.38. The van der Waals surface area contributed by atoms with Crippen LogP contribution in [0.3, 0.4) is 0 Å². The van der Waals surface area contributed by atoms with Gasteiger partial charge in [0, 0.05) is 12.2 Å². The molecule has 0 saturated carbocycles. The molecule has 1 aliphatic heterocycles. The van der Waals surface area contributed by atoms with E-state index in [1.54, 1.807) is 6.92 Å². The van der Waals surface area contributed by atoms with E-state index in [-0.39, 0.29) is 5.88 Å². The van der Waals surface area contributed by atoms with Gasteiger partial charge in [-0.15, -0.1) is 0 Å². The van der Waals surface area contributed by atoms with Crippen molar-refractivity contribution < 1.29 is 9.47 Å². The normalized spacial score (nSPS) is 16.4. The Hall–Kier alpha value is -2.18. The Morgan fingerprint density at radius 2 is 2.22 bits per heavy atom. The molecule has 0 spiro atoms. The van der Waals surface area contributed by atoms with Gasteiger partial charge in [-0.25, -0.2) is 4.99 Å². The minimum absolute atomic E-state index is 0.160. The first-order valence-electron chi connectivity index (χ1n) is 5.46. The SMILES string of the molecule is C=C(C)/N=C(OC)\C(NC1=NCCN1)=C(/N)OC. The lowest BCUT2D eigenvalue weighted by Gasteiger charge is -2.14. The third-order valence-electron chi connectivity index (χ3n) is 2.08. The summed E-state index contributed by atoms with van der Waals surface area (Å²) in [6.45, 7) is 6.94. The van der Waals surface area contributed by atoms with E-state index >= 15 is 0 Å². The highest BCUT2D eigenvalue weighted by molar-refractivity contribution is 5.99. The van der Waals surface area contributed by atoms with Gasteiger partial charge in [0.15, 0.2) is 11.7 Å². The molecule has 100 valence electrons. The first kappa shape index (κ1) is 13.9. The Bertz CT molecular complexity index is 412. The summed E-state index contributed by atoms with van der Waals surface area (Å²) in [7, 11) is 2.96. The first-order chi connectivity index (χ1) is 8.58. The fourth-order valence-electron chi connectivity index (χ4n) is 1.30. The molecule has 0 aliphatic carbocycles. The van der Waals surface area contributed by atoms with Crippen LogP contribution in [0.5, 0.6) is 0 Å². The zero-order valence-electron chi connectivity index (χ0n) is 10.9. The fraction of sp³-hybridized carbons (Fsp3) is 0.455. The monoisotopic (exact) mass is 253 g/mol. The molecule has 1 heterocycles. The van der Waals surface area contributed by atoms with E-state index in [1.807, 2.05) is 0 Å². The molecule has 7 nitrogen and oxygen atoms in total. The van der Waals surface area contributed by atoms with Crippen molar-refractivity contribution in [2.45, 2.75) is 6.92 Å². The van der Waals surface area contributed by atoms with Crippen LogP contribution in [0.4, 0.5) is 0 Å². The third kappa shape index (κ3) is 3.69. The molecular weight excluding hydrogens is 234 g/mol. The molecule has 0 aromatic rings. The Morgan fingerprint density at radius 1 is 1.50 bits per heavy atom. The van der Waals surface area contributed by atoms with Gasteiger partial charge in [-0.3, -0.25) is 4.99 Å². The summed E-state index contributed by atoms with van der Waals surface area (Å²) in [5, 5.41) is 6.05. The fourth-order valence-corrected chi connectivity index (χ4v) is 1.30. The molecule has 0 amide bonds. The predicted octanol–water partition coefficient (Wildman–Crippen LogP) is -0.112. The number of hydrogen-bond acceptors (Lipinski definition) is 7. The molecule has 0 aromatic heterocycles. The molecule has 7 heteroatoms. The summed E-state index contributed by atoms with van der Waals surface area (Å²) in [4.78, 5) is 8.35. The van der Waals surface area contributed by atoms with Gasteiger partial charge in [0.25, 0.3) is 0 Å². The van der Waals surface area contributed by atoms with Crippen molar-refractivity contribution in [2.24, 2.45) is 15.7 Å². The molecule has 0 saturated heterocycles. The van der Waals surface area contributed by atoms with Gasteiger partial charge < -0.3 is 25.8 Å². The van der Waals surface area contributed by atoms with Crippen molar-refractivity contribution in [3.05, 3.63) is 23.9 Å². The smallest absolute Gasteiger partial charge is 0.243 e. The van der Waals surface area contributed by atoms with Crippen molar-refractivity contribution in [1.29, 1.82) is 0 Å². The quantitative estimate of drug-likeness (QED) is 0.369. The summed E-state index contributed by atoms with van der Waals surface area (Å²) in [6, 6.07) is 0. The second kappa shape index (κ2) is 6.53. The van der Waals surface area contributed by atoms with E-state index in [0.29, 0.717) is 29.8 Å². The number of nitrogens with two attached hydrogens (primary N) is 1. The van der Waals surface area contributed by atoms with Crippen molar-refractivity contribution in [3.63, 3.8) is 0 Å². The van der Waals surface area contributed by atoms with Crippen LogP contribution >= 0.6 is 0 Å². The standard InChI is InChI=1S/C11H19N5O2/c1-7(2)15-10(18-4)8(9(12)17-3)16-11-13-5-6-14-11/h1,5-6,12H2,2-4H3,(H2,13,14,16)/b9-8-,15-10+. The number of aliphatic imine (C=N–C) groups is 2. The van der Waals surface area contributed by atoms with Gasteiger partial charge in [0.05, 0.1) is 20.8 Å². The zero-order valence-corrected chi connectivity index (χ0v) is 10.9. The molecule has 1 rings (SSSR count). The van der Waals surface area contributed by atoms with Crippen LogP contribution in [0.2, 0.25) is 0 Å². The Morgan fingerprint density at radius 3 is 2.67 bits per heavy atom. The number of allylic oxidation sites excluding steroid dienone is 1. The van der Waals surface area contributed by atoms with Gasteiger partial charge in [-0.05, 0) is 6.92 Å². The highest BCUT2D eigenvalue weighted by Crippen LogP contribution is 2.05. The molecule has 0 atom stereocenters. The Kier molecular flexibility index (Phi) is 5.04. The summed E-state index contributed by atoms with van der Waals surface area (Å²) >= 11 is 0. The molecule has 0 radical (unpaired) electrons. The maximum atomic E-state index is 5.77. The lowest BCUT2D eigenvalue weighted by molar-refractivity contribution is 0.280. The van der Waals surface area contributed by atoms with Crippen LogP contribution in [0, 0.1) is 0 Å². The van der Waals surface area contributed by atoms with Crippen LogP contribution < -0.4 is 16.4 Å². The highest BCUT2D eigenvalue weighted by Gasteiger charge is 2.17. The number of nitrogens with one attached hydrogen (secondary N) is 2. The number of methoxy groups -OCH3 is 2. The Balaban J connectivity index is 3.01. The molecule has 0 aromatic carbocycles. The summed E-state index contributed by atoms with van der Waals surface area (Å²) in [5.41, 5.74) is 6.78. The van der Waals surface area contributed by atoms with E-state index in [4.69, 9.17) is 15.2 Å². The molecule has 0 unspecified atom stereocenters. The van der Waals surface area contributed by atoms with E-state index < -0.39 is 0 Å². The van der Waals surface area contributed by atoms with Crippen molar-refractivity contribution in [2.75, 3.05) is 27.3 Å². The molecular formula is C11H19N5O2. The van der Waals surface area contributed by atoms with E-state index in [0.717, 1.165) is 6.54 Å². The van der Waals surface area contributed by atoms with Gasteiger partial charge in [-0.1, -0.05) is 6.58 Å². The summed E-state index contributed by atoms with van der Waals surface area (Å²) in [6.07, 6.45) is 0. The van der Waals surface area contributed by atoms with E-state index in [1.165, 1.54) is 14.2 Å². The van der Waals surface area contributed by atoms with Gasteiger partial charge in [0.1, 0.15) is 0 Å². The lowest BCUT2D eigenvalue weighted by atomic mass is 10.4. The molecule has 0 bridgehead atoms. The number of nitrogens with zero attached hydrogens (tertiary/aromatic N) is 2. The van der Waals surface area contributed by atoms with Crippen LogP contribution in [0.25, 0.3) is 0 Å². The van der Waals surface area contributed by atoms with Crippen LogP contribution in [0.15, 0.2) is 33.8 Å². The first-order valence-corrected chi connectivity index (χ1v) is 5.46. The third-order valence-corrected chi connectivity index (χ3v) is 2.08. The number of ether oxygens (including phenoxy) is 2. The van der Waals surface area contributed by atoms with Gasteiger partial charge in [0.2, 0.25) is 11.8 Å². The van der Waals surface area contributed by atoms with Crippen molar-refractivity contribution >= 4 is 11.9 Å². The highest BCUT2D eigenvalue weighted by atomic mass is 16.5. The maximum Gasteiger partial charge on any atom is 0.243 e.